The second kappa shape index (κ2) is 11.7. The molecule has 192 valence electrons. The van der Waals surface area contributed by atoms with E-state index in [0.717, 1.165) is 31.0 Å². The average molecular weight is 539 g/mol. The van der Waals surface area contributed by atoms with Crippen molar-refractivity contribution in [1.29, 1.82) is 0 Å². The number of ether oxygens (including phenoxy) is 1. The van der Waals surface area contributed by atoms with E-state index in [2.05, 4.69) is 20.5 Å². The number of carbonyl (C=O) groups is 1. The Kier molecular flexibility index (Phi) is 7.98. The third kappa shape index (κ3) is 6.27. The van der Waals surface area contributed by atoms with E-state index < -0.39 is 0 Å². The number of piperidine rings is 1. The van der Waals surface area contributed by atoms with Crippen LogP contribution in [0.3, 0.4) is 0 Å². The summed E-state index contributed by atoms with van der Waals surface area (Å²) >= 11 is 7.11. The number of nitrogens with one attached hydrogen (secondary N) is 1. The molecular formula is C26H27ClN6O3S. The fourth-order valence-electron chi connectivity index (χ4n) is 4.22. The Balaban J connectivity index is 1.20. The average Bonchev–Trinajstić information content (AvgIpc) is 3.58. The van der Waals surface area contributed by atoms with Crippen molar-refractivity contribution in [3.63, 3.8) is 0 Å². The van der Waals surface area contributed by atoms with Crippen LogP contribution >= 0.6 is 22.9 Å². The van der Waals surface area contributed by atoms with Crippen LogP contribution in [0.5, 0.6) is 5.75 Å². The summed E-state index contributed by atoms with van der Waals surface area (Å²) in [4.78, 5) is 28.1. The maximum absolute atomic E-state index is 13.0. The first kappa shape index (κ1) is 25.2. The summed E-state index contributed by atoms with van der Waals surface area (Å²) in [5, 5.41) is 11.1. The molecule has 9 nitrogen and oxygen atoms in total. The molecule has 1 saturated heterocycles. The van der Waals surface area contributed by atoms with Crippen LogP contribution in [0.15, 0.2) is 65.7 Å². The van der Waals surface area contributed by atoms with Crippen molar-refractivity contribution in [2.24, 2.45) is 0 Å². The predicted octanol–water partition coefficient (Wildman–Crippen LogP) is 3.93. The summed E-state index contributed by atoms with van der Waals surface area (Å²) in [6.45, 7) is 3.76. The van der Waals surface area contributed by atoms with Crippen LogP contribution in [0.25, 0.3) is 11.4 Å². The molecule has 37 heavy (non-hydrogen) atoms. The normalized spacial score (nSPS) is 14.0. The van der Waals surface area contributed by atoms with Gasteiger partial charge in [0.25, 0.3) is 11.5 Å². The van der Waals surface area contributed by atoms with Crippen LogP contribution in [-0.4, -0.2) is 56.6 Å². The molecule has 0 aliphatic carbocycles. The zero-order chi connectivity index (χ0) is 25.6. The number of rotatable bonds is 9. The Morgan fingerprint density at radius 2 is 1.84 bits per heavy atom. The van der Waals surface area contributed by atoms with E-state index in [-0.39, 0.29) is 18.0 Å². The molecule has 0 atom stereocenters. The lowest BCUT2D eigenvalue weighted by atomic mass is 10.1. The summed E-state index contributed by atoms with van der Waals surface area (Å²) in [7, 11) is 0. The number of halogens is 1. The minimum Gasteiger partial charge on any atom is -0.487 e. The van der Waals surface area contributed by atoms with Crippen molar-refractivity contribution >= 4 is 28.8 Å². The highest BCUT2D eigenvalue weighted by molar-refractivity contribution is 7.17. The fourth-order valence-corrected chi connectivity index (χ4v) is 5.18. The van der Waals surface area contributed by atoms with Gasteiger partial charge in [0.1, 0.15) is 12.3 Å². The molecule has 1 amide bonds. The number of benzene rings is 1. The molecule has 4 heterocycles. The van der Waals surface area contributed by atoms with Gasteiger partial charge in [0, 0.05) is 18.4 Å². The monoisotopic (exact) mass is 538 g/mol. The van der Waals surface area contributed by atoms with Crippen LogP contribution in [-0.2, 0) is 6.54 Å². The van der Waals surface area contributed by atoms with E-state index in [4.69, 9.17) is 16.3 Å². The molecule has 1 fully saturated rings. The number of pyridine rings is 1. The van der Waals surface area contributed by atoms with E-state index in [1.165, 1.54) is 30.6 Å². The number of nitrogens with zero attached hydrogens (tertiary/aromatic N) is 5. The smallest absolute Gasteiger partial charge is 0.297 e. The predicted molar refractivity (Wildman–Crippen MR) is 143 cm³/mol. The van der Waals surface area contributed by atoms with E-state index >= 15 is 0 Å². The van der Waals surface area contributed by atoms with Crippen molar-refractivity contribution in [2.75, 3.05) is 26.2 Å². The summed E-state index contributed by atoms with van der Waals surface area (Å²) in [5.74, 6) is 0.135. The fraction of sp³-hybridized carbons (Fsp3) is 0.308. The lowest BCUT2D eigenvalue weighted by Gasteiger charge is -2.26. The molecule has 0 spiro atoms. The van der Waals surface area contributed by atoms with Gasteiger partial charge >= 0.3 is 0 Å². The van der Waals surface area contributed by atoms with Gasteiger partial charge in [-0.2, -0.15) is 0 Å². The highest BCUT2D eigenvalue weighted by Crippen LogP contribution is 2.21. The number of hydrogen-bond acceptors (Lipinski definition) is 7. The van der Waals surface area contributed by atoms with Crippen LogP contribution in [0.1, 0.15) is 34.6 Å². The molecule has 3 aromatic heterocycles. The zero-order valence-electron chi connectivity index (χ0n) is 20.2. The van der Waals surface area contributed by atoms with Gasteiger partial charge in [0.15, 0.2) is 5.75 Å². The molecular weight excluding hydrogens is 512 g/mol. The van der Waals surface area contributed by atoms with Crippen molar-refractivity contribution in [3.05, 3.63) is 86.2 Å². The van der Waals surface area contributed by atoms with Gasteiger partial charge in [-0.1, -0.05) is 23.2 Å². The Bertz CT molecular complexity index is 1410. The Morgan fingerprint density at radius 3 is 2.59 bits per heavy atom. The molecule has 0 bridgehead atoms. The molecule has 0 radical (unpaired) electrons. The second-order valence-electron chi connectivity index (χ2n) is 8.76. The molecule has 1 aromatic carbocycles. The molecule has 5 rings (SSSR count). The Hall–Kier alpha value is -3.47. The lowest BCUT2D eigenvalue weighted by Crippen LogP contribution is -2.33. The van der Waals surface area contributed by atoms with E-state index in [1.807, 2.05) is 30.3 Å². The summed E-state index contributed by atoms with van der Waals surface area (Å²) in [5.41, 5.74) is 1.92. The van der Waals surface area contributed by atoms with Crippen LogP contribution in [0.2, 0.25) is 4.34 Å². The van der Waals surface area contributed by atoms with Gasteiger partial charge in [0.2, 0.25) is 0 Å². The first-order valence-corrected chi connectivity index (χ1v) is 13.4. The van der Waals surface area contributed by atoms with E-state index in [0.29, 0.717) is 27.3 Å². The molecule has 4 aromatic rings. The molecule has 0 unspecified atom stereocenters. The number of likely N-dealkylation sites (tertiary alicyclic amines) is 1. The standard InChI is InChI=1S/C26H27ClN6O3S/c27-24-11-10-23(37-24)25(34)28-17-19-18-33(30-29-19)21-8-6-20(7-9-21)32-14-4-5-22(26(32)35)36-16-15-31-12-2-1-3-13-31/h4-11,14,18H,1-3,12-13,15-17H2,(H,28,34). The second-order valence-corrected chi connectivity index (χ2v) is 10.5. The maximum Gasteiger partial charge on any atom is 0.297 e. The van der Waals surface area contributed by atoms with Gasteiger partial charge in [-0.25, -0.2) is 4.68 Å². The highest BCUT2D eigenvalue weighted by atomic mass is 35.5. The lowest BCUT2D eigenvalue weighted by molar-refractivity contribution is 0.0954. The van der Waals surface area contributed by atoms with Crippen molar-refractivity contribution in [1.82, 2.24) is 29.8 Å². The van der Waals surface area contributed by atoms with Gasteiger partial charge in [-0.15, -0.1) is 16.4 Å². The number of carbonyl (C=O) groups excluding carboxylic acids is 1. The maximum atomic E-state index is 13.0. The van der Waals surface area contributed by atoms with E-state index in [1.54, 1.807) is 39.8 Å². The molecule has 0 saturated carbocycles. The molecule has 1 aliphatic heterocycles. The highest BCUT2D eigenvalue weighted by Gasteiger charge is 2.12. The van der Waals surface area contributed by atoms with Gasteiger partial charge in [-0.05, 0) is 74.5 Å². The van der Waals surface area contributed by atoms with Crippen molar-refractivity contribution < 1.29 is 9.53 Å². The number of aromatic nitrogens is 4. The first-order valence-electron chi connectivity index (χ1n) is 12.2. The van der Waals surface area contributed by atoms with Crippen LogP contribution < -0.4 is 15.6 Å². The Labute approximate surface area is 223 Å². The van der Waals surface area contributed by atoms with Crippen molar-refractivity contribution in [2.45, 2.75) is 25.8 Å². The van der Waals surface area contributed by atoms with Gasteiger partial charge in [-0.3, -0.25) is 19.1 Å². The first-order chi connectivity index (χ1) is 18.1. The summed E-state index contributed by atoms with van der Waals surface area (Å²) in [6, 6.07) is 14.3. The van der Waals surface area contributed by atoms with Crippen molar-refractivity contribution in [3.8, 4) is 17.1 Å². The van der Waals surface area contributed by atoms with E-state index in [9.17, 15) is 9.59 Å². The number of hydrogen-bond donors (Lipinski definition) is 1. The van der Waals surface area contributed by atoms with Crippen LogP contribution in [0.4, 0.5) is 0 Å². The topological polar surface area (TPSA) is 94.3 Å². The summed E-state index contributed by atoms with van der Waals surface area (Å²) < 4.78 is 9.59. The SMILES string of the molecule is O=C(NCc1cn(-c2ccc(-n3cccc(OCCN4CCCCC4)c3=O)cc2)nn1)c1ccc(Cl)s1. The number of amides is 1. The molecule has 11 heteroatoms. The third-order valence-electron chi connectivity index (χ3n) is 6.19. The summed E-state index contributed by atoms with van der Waals surface area (Å²) in [6.07, 6.45) is 7.23. The Morgan fingerprint density at radius 1 is 1.05 bits per heavy atom. The zero-order valence-corrected chi connectivity index (χ0v) is 21.7. The largest absolute Gasteiger partial charge is 0.487 e. The van der Waals surface area contributed by atoms with Crippen LogP contribution in [0, 0.1) is 0 Å². The molecule has 1 N–H and O–H groups in total. The minimum absolute atomic E-state index is 0.195. The molecule has 1 aliphatic rings. The third-order valence-corrected chi connectivity index (χ3v) is 7.42. The minimum atomic E-state index is -0.209. The van der Waals surface area contributed by atoms with Gasteiger partial charge in [0.05, 0.1) is 27.6 Å². The van der Waals surface area contributed by atoms with Gasteiger partial charge < -0.3 is 10.1 Å². The quantitative estimate of drug-likeness (QED) is 0.347. The number of thiophene rings is 1.